The van der Waals surface area contributed by atoms with Gasteiger partial charge in [-0.3, -0.25) is 0 Å². The number of nitrogens with zero attached hydrogens (tertiary/aromatic N) is 5. The number of nitrogen functional groups attached to an aromatic ring is 1. The molecule has 2 aromatic heterocycles. The number of piperazine rings is 1. The molecule has 0 aliphatic carbocycles. The number of fused-ring (bicyclic) bond motifs is 1. The lowest BCUT2D eigenvalue weighted by atomic mass is 10.3. The number of hydrogen-bond acceptors (Lipinski definition) is 8. The fraction of sp³-hybridized carbons (Fsp3) is 0.333. The molecule has 1 aliphatic heterocycles. The first-order valence-corrected chi connectivity index (χ1v) is 11.6. The number of sulfone groups is 1. The monoisotopic (exact) mass is 418 g/mol. The normalized spacial score (nSPS) is 16.0. The fourth-order valence-electron chi connectivity index (χ4n) is 3.27. The van der Waals surface area contributed by atoms with Crippen LogP contribution in [0.3, 0.4) is 0 Å². The third-order valence-electron chi connectivity index (χ3n) is 4.87. The summed E-state index contributed by atoms with van der Waals surface area (Å²) in [5.74, 6) is 1.04. The van der Waals surface area contributed by atoms with Crippen LogP contribution in [0.4, 0.5) is 11.6 Å². The Labute approximate surface area is 168 Å². The minimum absolute atomic E-state index is 0.105. The summed E-state index contributed by atoms with van der Waals surface area (Å²) >= 11 is 1.27. The van der Waals surface area contributed by atoms with Crippen molar-refractivity contribution in [2.24, 2.45) is 0 Å². The van der Waals surface area contributed by atoms with Crippen molar-refractivity contribution in [3.05, 3.63) is 36.4 Å². The summed E-state index contributed by atoms with van der Waals surface area (Å²) in [5.41, 5.74) is 6.50. The largest absolute Gasteiger partial charge is 0.383 e. The van der Waals surface area contributed by atoms with Gasteiger partial charge in [-0.05, 0) is 25.4 Å². The van der Waals surface area contributed by atoms with Gasteiger partial charge < -0.3 is 15.5 Å². The Hall–Kier alpha value is -2.30. The number of thioether (sulfide) groups is 1. The molecule has 1 aliphatic rings. The maximum Gasteiger partial charge on any atom is 0.213 e. The van der Waals surface area contributed by atoms with Crippen LogP contribution in [0.25, 0.3) is 5.65 Å². The number of likely N-dealkylation sites (N-methyl/N-ethyl adjacent to an activating group) is 1. The Balaban J connectivity index is 1.90. The lowest BCUT2D eigenvalue weighted by molar-refractivity contribution is 0.312. The number of anilines is 2. The van der Waals surface area contributed by atoms with Gasteiger partial charge in [0.25, 0.3) is 0 Å². The number of nitrogens with two attached hydrogens (primary N) is 1. The van der Waals surface area contributed by atoms with Crippen LogP contribution in [0.5, 0.6) is 0 Å². The predicted octanol–water partition coefficient (Wildman–Crippen LogP) is 1.62. The van der Waals surface area contributed by atoms with E-state index in [1.165, 1.54) is 16.3 Å². The summed E-state index contributed by atoms with van der Waals surface area (Å²) in [4.78, 5) is 9.37. The van der Waals surface area contributed by atoms with E-state index in [1.807, 2.05) is 0 Å². The van der Waals surface area contributed by atoms with Crippen molar-refractivity contribution in [3.63, 3.8) is 0 Å². The minimum Gasteiger partial charge on any atom is -0.383 e. The van der Waals surface area contributed by atoms with E-state index in [-0.39, 0.29) is 15.4 Å². The zero-order valence-corrected chi connectivity index (χ0v) is 17.4. The van der Waals surface area contributed by atoms with E-state index in [2.05, 4.69) is 26.9 Å². The lowest BCUT2D eigenvalue weighted by Crippen LogP contribution is -2.44. The highest BCUT2D eigenvalue weighted by Crippen LogP contribution is 2.34. The van der Waals surface area contributed by atoms with Crippen molar-refractivity contribution in [3.8, 4) is 0 Å². The smallest absolute Gasteiger partial charge is 0.213 e. The number of aromatic nitrogens is 3. The molecule has 0 unspecified atom stereocenters. The molecule has 0 spiro atoms. The van der Waals surface area contributed by atoms with Crippen molar-refractivity contribution in [2.45, 2.75) is 14.8 Å². The van der Waals surface area contributed by atoms with E-state index in [0.717, 1.165) is 26.2 Å². The van der Waals surface area contributed by atoms with E-state index >= 15 is 0 Å². The topological polar surface area (TPSA) is 96.8 Å². The summed E-state index contributed by atoms with van der Waals surface area (Å²) in [5, 5.41) is 4.79. The van der Waals surface area contributed by atoms with Crippen LogP contribution in [0.15, 0.2) is 51.2 Å². The second-order valence-electron chi connectivity index (χ2n) is 6.72. The molecule has 3 aromatic rings. The zero-order chi connectivity index (χ0) is 19.9. The molecule has 0 atom stereocenters. The first-order valence-electron chi connectivity index (χ1n) is 8.88. The van der Waals surface area contributed by atoms with E-state index in [9.17, 15) is 8.42 Å². The first kappa shape index (κ1) is 19.0. The third kappa shape index (κ3) is 3.21. The van der Waals surface area contributed by atoms with Gasteiger partial charge >= 0.3 is 0 Å². The van der Waals surface area contributed by atoms with Gasteiger partial charge in [-0.2, -0.15) is 9.61 Å². The van der Waals surface area contributed by atoms with Crippen LogP contribution < -0.4 is 10.6 Å². The zero-order valence-electron chi connectivity index (χ0n) is 15.7. The minimum atomic E-state index is -3.79. The van der Waals surface area contributed by atoms with Crippen molar-refractivity contribution in [2.75, 3.05) is 50.1 Å². The molecular weight excluding hydrogens is 396 g/mol. The first-order chi connectivity index (χ1) is 13.4. The van der Waals surface area contributed by atoms with Gasteiger partial charge in [0.15, 0.2) is 10.5 Å². The lowest BCUT2D eigenvalue weighted by Gasteiger charge is -2.33. The fourth-order valence-corrected chi connectivity index (χ4v) is 5.68. The molecular formula is C18H22N6O2S2. The number of benzene rings is 1. The van der Waals surface area contributed by atoms with Gasteiger partial charge in [-0.15, -0.1) is 11.8 Å². The van der Waals surface area contributed by atoms with E-state index in [4.69, 9.17) is 5.73 Å². The summed E-state index contributed by atoms with van der Waals surface area (Å²) in [6, 6.07) is 10.1. The molecule has 0 bridgehead atoms. The molecule has 148 valence electrons. The average molecular weight is 419 g/mol. The van der Waals surface area contributed by atoms with Crippen molar-refractivity contribution < 1.29 is 8.42 Å². The molecule has 1 saturated heterocycles. The molecule has 1 aromatic carbocycles. The van der Waals surface area contributed by atoms with Crippen LogP contribution >= 0.6 is 11.8 Å². The van der Waals surface area contributed by atoms with Crippen LogP contribution in [0, 0.1) is 0 Å². The molecule has 28 heavy (non-hydrogen) atoms. The van der Waals surface area contributed by atoms with Gasteiger partial charge in [0, 0.05) is 32.2 Å². The Morgan fingerprint density at radius 1 is 1.11 bits per heavy atom. The van der Waals surface area contributed by atoms with Crippen molar-refractivity contribution in [1.82, 2.24) is 19.5 Å². The summed E-state index contributed by atoms with van der Waals surface area (Å²) < 4.78 is 28.1. The van der Waals surface area contributed by atoms with Crippen LogP contribution in [0.1, 0.15) is 0 Å². The molecule has 8 nitrogen and oxygen atoms in total. The Morgan fingerprint density at radius 2 is 1.79 bits per heavy atom. The Kier molecular flexibility index (Phi) is 4.94. The molecule has 0 saturated carbocycles. The SMILES string of the molecule is CSc1nn2c(N)cc(N3CCN(C)CC3)nc2c1S(=O)(=O)c1ccccc1. The highest BCUT2D eigenvalue weighted by Gasteiger charge is 2.30. The average Bonchev–Trinajstić information content (AvgIpc) is 3.09. The van der Waals surface area contributed by atoms with Gasteiger partial charge in [0.05, 0.1) is 4.90 Å². The standard InChI is InChI=1S/C18H22N6O2S2/c1-22-8-10-23(11-9-22)15-12-14(19)24-17(20-15)16(18(21-24)27-2)28(25,26)13-6-4-3-5-7-13/h3-7,12H,8-11,19H2,1-2H3. The van der Waals surface area contributed by atoms with Crippen molar-refractivity contribution >= 4 is 38.9 Å². The molecule has 4 rings (SSSR count). The molecule has 10 heteroatoms. The Bertz CT molecular complexity index is 1110. The van der Waals surface area contributed by atoms with Gasteiger partial charge in [0.2, 0.25) is 9.84 Å². The highest BCUT2D eigenvalue weighted by atomic mass is 32.2. The molecule has 2 N–H and O–H groups in total. The number of hydrogen-bond donors (Lipinski definition) is 1. The Morgan fingerprint density at radius 3 is 2.43 bits per heavy atom. The van der Waals surface area contributed by atoms with Crippen molar-refractivity contribution in [1.29, 1.82) is 0 Å². The molecule has 0 amide bonds. The second-order valence-corrected chi connectivity index (χ2v) is 9.40. The van der Waals surface area contributed by atoms with E-state index < -0.39 is 9.84 Å². The quantitative estimate of drug-likeness (QED) is 0.639. The molecule has 0 radical (unpaired) electrons. The number of rotatable bonds is 4. The summed E-state index contributed by atoms with van der Waals surface area (Å²) in [6.07, 6.45) is 1.79. The maximum atomic E-state index is 13.4. The maximum absolute atomic E-state index is 13.4. The van der Waals surface area contributed by atoms with Gasteiger partial charge in [0.1, 0.15) is 16.7 Å². The second kappa shape index (κ2) is 7.26. The molecule has 1 fully saturated rings. The van der Waals surface area contributed by atoms with Crippen LogP contribution in [-0.4, -0.2) is 67.4 Å². The van der Waals surface area contributed by atoms with Crippen LogP contribution in [0.2, 0.25) is 0 Å². The summed E-state index contributed by atoms with van der Waals surface area (Å²) in [7, 11) is -1.71. The van der Waals surface area contributed by atoms with Gasteiger partial charge in [-0.25, -0.2) is 13.4 Å². The van der Waals surface area contributed by atoms with E-state index in [0.29, 0.717) is 16.7 Å². The van der Waals surface area contributed by atoms with Crippen LogP contribution in [-0.2, 0) is 9.84 Å². The molecule has 3 heterocycles. The van der Waals surface area contributed by atoms with E-state index in [1.54, 1.807) is 42.7 Å². The third-order valence-corrected chi connectivity index (χ3v) is 7.48. The highest BCUT2D eigenvalue weighted by molar-refractivity contribution is 7.99. The predicted molar refractivity (Wildman–Crippen MR) is 111 cm³/mol. The summed E-state index contributed by atoms with van der Waals surface area (Å²) in [6.45, 7) is 3.45. The van der Waals surface area contributed by atoms with Gasteiger partial charge in [-0.1, -0.05) is 18.2 Å².